The van der Waals surface area contributed by atoms with Crippen molar-refractivity contribution >= 4 is 40.5 Å². The molecular weight excluding hydrogens is 368 g/mol. The van der Waals surface area contributed by atoms with Gasteiger partial charge in [0.25, 0.3) is 0 Å². The van der Waals surface area contributed by atoms with Gasteiger partial charge in [0.15, 0.2) is 5.11 Å². The molecule has 0 radical (unpaired) electrons. The predicted octanol–water partition coefficient (Wildman–Crippen LogP) is 2.74. The van der Waals surface area contributed by atoms with Crippen molar-refractivity contribution in [3.8, 4) is 0 Å². The van der Waals surface area contributed by atoms with E-state index >= 15 is 0 Å². The van der Waals surface area contributed by atoms with Gasteiger partial charge in [0.05, 0.1) is 6.54 Å². The molecule has 1 amide bonds. The normalized spacial score (nSPS) is 23.0. The van der Waals surface area contributed by atoms with Gasteiger partial charge in [-0.25, -0.2) is 0 Å². The molecule has 1 aromatic rings. The summed E-state index contributed by atoms with van der Waals surface area (Å²) in [6, 6.07) is 8.13. The first-order chi connectivity index (χ1) is 12.2. The SMILES string of the molecule is C[C@H]1CC(C)(C)NC(=S)N1CC(=O)N1CCN(c2cccc(Cl)c2)CC1. The van der Waals surface area contributed by atoms with Gasteiger partial charge in [0, 0.05) is 48.5 Å². The van der Waals surface area contributed by atoms with E-state index in [1.165, 1.54) is 0 Å². The van der Waals surface area contributed by atoms with E-state index < -0.39 is 0 Å². The summed E-state index contributed by atoms with van der Waals surface area (Å²) in [5.74, 6) is 0.145. The van der Waals surface area contributed by atoms with Crippen LogP contribution < -0.4 is 10.2 Å². The molecule has 2 aliphatic heterocycles. The van der Waals surface area contributed by atoms with Crippen LogP contribution in [0.1, 0.15) is 27.2 Å². The number of halogens is 1. The number of rotatable bonds is 3. The molecule has 0 saturated carbocycles. The second kappa shape index (κ2) is 7.61. The number of piperazine rings is 1. The lowest BCUT2D eigenvalue weighted by Gasteiger charge is -2.45. The van der Waals surface area contributed by atoms with Gasteiger partial charge >= 0.3 is 0 Å². The minimum atomic E-state index is -0.0152. The third-order valence-corrected chi connectivity index (χ3v) is 5.73. The van der Waals surface area contributed by atoms with Crippen molar-refractivity contribution in [2.45, 2.75) is 38.8 Å². The first-order valence-corrected chi connectivity index (χ1v) is 9.91. The number of carbonyl (C=O) groups is 1. The Balaban J connectivity index is 1.55. The Morgan fingerprint density at radius 3 is 2.62 bits per heavy atom. The molecule has 0 spiro atoms. The third kappa shape index (κ3) is 4.41. The van der Waals surface area contributed by atoms with Crippen LogP contribution in [-0.2, 0) is 4.79 Å². The van der Waals surface area contributed by atoms with Gasteiger partial charge in [0.1, 0.15) is 0 Å². The van der Waals surface area contributed by atoms with E-state index in [0.717, 1.165) is 43.3 Å². The minimum Gasteiger partial charge on any atom is -0.368 e. The molecule has 1 aromatic carbocycles. The number of thiocarbonyl (C=S) groups is 1. The summed E-state index contributed by atoms with van der Waals surface area (Å²) in [6.07, 6.45) is 0.961. The predicted molar refractivity (Wildman–Crippen MR) is 111 cm³/mol. The zero-order chi connectivity index (χ0) is 18.9. The standard InChI is InChI=1S/C19H27ClN4OS/c1-14-12-19(2,3)21-18(26)24(14)13-17(25)23-9-7-22(8-10-23)16-6-4-5-15(20)11-16/h4-6,11,14H,7-10,12-13H2,1-3H3,(H,21,26)/t14-/m0/s1. The van der Waals surface area contributed by atoms with Crippen LogP contribution in [-0.4, -0.2) is 65.1 Å². The highest BCUT2D eigenvalue weighted by atomic mass is 35.5. The lowest BCUT2D eigenvalue weighted by Crippen LogP contribution is -2.62. The maximum atomic E-state index is 12.8. The molecule has 2 heterocycles. The van der Waals surface area contributed by atoms with E-state index in [1.54, 1.807) is 0 Å². The average Bonchev–Trinajstić information content (AvgIpc) is 2.57. The fourth-order valence-electron chi connectivity index (χ4n) is 3.82. The van der Waals surface area contributed by atoms with Crippen LogP contribution >= 0.6 is 23.8 Å². The van der Waals surface area contributed by atoms with Gasteiger partial charge in [0.2, 0.25) is 5.91 Å². The van der Waals surface area contributed by atoms with Gasteiger partial charge in [-0.2, -0.15) is 0 Å². The highest BCUT2D eigenvalue weighted by Gasteiger charge is 2.35. The number of anilines is 1. The van der Waals surface area contributed by atoms with Crippen LogP contribution in [0.5, 0.6) is 0 Å². The molecule has 1 atom stereocenters. The van der Waals surface area contributed by atoms with Crippen LogP contribution in [0.4, 0.5) is 5.69 Å². The summed E-state index contributed by atoms with van der Waals surface area (Å²) in [4.78, 5) is 19.0. The van der Waals surface area contributed by atoms with Crippen LogP contribution in [0, 0.1) is 0 Å². The van der Waals surface area contributed by atoms with Crippen LogP contribution in [0.15, 0.2) is 24.3 Å². The quantitative estimate of drug-likeness (QED) is 0.798. The average molecular weight is 395 g/mol. The minimum absolute atomic E-state index is 0.0152. The maximum absolute atomic E-state index is 12.8. The summed E-state index contributed by atoms with van der Waals surface area (Å²) in [5, 5.41) is 4.76. The first-order valence-electron chi connectivity index (χ1n) is 9.12. The lowest BCUT2D eigenvalue weighted by molar-refractivity contribution is -0.132. The molecular formula is C19H27ClN4OS. The van der Waals surface area contributed by atoms with Crippen molar-refractivity contribution < 1.29 is 4.79 Å². The van der Waals surface area contributed by atoms with E-state index in [2.05, 4.69) is 37.1 Å². The van der Waals surface area contributed by atoms with E-state index in [0.29, 0.717) is 11.7 Å². The Morgan fingerprint density at radius 2 is 2.00 bits per heavy atom. The molecule has 5 nitrogen and oxygen atoms in total. The molecule has 2 aliphatic rings. The van der Waals surface area contributed by atoms with Crippen molar-refractivity contribution in [2.75, 3.05) is 37.6 Å². The molecule has 2 fully saturated rings. The van der Waals surface area contributed by atoms with Crippen LogP contribution in [0.2, 0.25) is 5.02 Å². The highest BCUT2D eigenvalue weighted by molar-refractivity contribution is 7.80. The molecule has 142 valence electrons. The second-order valence-electron chi connectivity index (χ2n) is 7.84. The number of hydrogen-bond acceptors (Lipinski definition) is 3. The Hall–Kier alpha value is -1.53. The summed E-state index contributed by atoms with van der Waals surface area (Å²) in [5.41, 5.74) is 1.10. The number of hydrogen-bond donors (Lipinski definition) is 1. The Labute approximate surface area is 166 Å². The van der Waals surface area contributed by atoms with Gasteiger partial charge in [-0.05, 0) is 57.6 Å². The van der Waals surface area contributed by atoms with E-state index in [9.17, 15) is 4.79 Å². The third-order valence-electron chi connectivity index (χ3n) is 5.16. The van der Waals surface area contributed by atoms with Gasteiger partial charge in [-0.15, -0.1) is 0 Å². The fourth-order valence-corrected chi connectivity index (χ4v) is 4.53. The summed E-state index contributed by atoms with van der Waals surface area (Å²) in [6.45, 7) is 9.85. The number of benzene rings is 1. The fraction of sp³-hybridized carbons (Fsp3) is 0.579. The molecule has 0 aromatic heterocycles. The molecule has 2 saturated heterocycles. The van der Waals surface area contributed by atoms with Crippen molar-refractivity contribution in [1.82, 2.24) is 15.1 Å². The van der Waals surface area contributed by atoms with Crippen LogP contribution in [0.3, 0.4) is 0 Å². The molecule has 26 heavy (non-hydrogen) atoms. The second-order valence-corrected chi connectivity index (χ2v) is 8.67. The zero-order valence-corrected chi connectivity index (χ0v) is 17.2. The molecule has 0 unspecified atom stereocenters. The van der Waals surface area contributed by atoms with E-state index in [1.807, 2.05) is 28.0 Å². The van der Waals surface area contributed by atoms with E-state index in [4.69, 9.17) is 23.8 Å². The Bertz CT molecular complexity index is 688. The molecule has 7 heteroatoms. The monoisotopic (exact) mass is 394 g/mol. The van der Waals surface area contributed by atoms with Crippen molar-refractivity contribution in [1.29, 1.82) is 0 Å². The van der Waals surface area contributed by atoms with E-state index in [-0.39, 0.29) is 17.5 Å². The molecule has 3 rings (SSSR count). The van der Waals surface area contributed by atoms with Gasteiger partial charge in [-0.3, -0.25) is 4.79 Å². The smallest absolute Gasteiger partial charge is 0.242 e. The van der Waals surface area contributed by atoms with Crippen LogP contribution in [0.25, 0.3) is 0 Å². The number of amides is 1. The largest absolute Gasteiger partial charge is 0.368 e. The maximum Gasteiger partial charge on any atom is 0.242 e. The topological polar surface area (TPSA) is 38.8 Å². The number of nitrogens with one attached hydrogen (secondary N) is 1. The highest BCUT2D eigenvalue weighted by Crippen LogP contribution is 2.23. The zero-order valence-electron chi connectivity index (χ0n) is 15.7. The molecule has 1 N–H and O–H groups in total. The summed E-state index contributed by atoms with van der Waals surface area (Å²) in [7, 11) is 0. The lowest BCUT2D eigenvalue weighted by atomic mass is 9.93. The first kappa shape index (κ1) is 19.2. The number of nitrogens with zero attached hydrogens (tertiary/aromatic N) is 3. The molecule has 0 aliphatic carbocycles. The van der Waals surface area contributed by atoms with Gasteiger partial charge in [-0.1, -0.05) is 17.7 Å². The Morgan fingerprint density at radius 1 is 1.31 bits per heavy atom. The summed E-state index contributed by atoms with van der Waals surface area (Å²) < 4.78 is 0. The summed E-state index contributed by atoms with van der Waals surface area (Å²) >= 11 is 11.6. The van der Waals surface area contributed by atoms with Crippen molar-refractivity contribution in [3.63, 3.8) is 0 Å². The van der Waals surface area contributed by atoms with Crippen molar-refractivity contribution in [3.05, 3.63) is 29.3 Å². The Kier molecular flexibility index (Phi) is 5.63. The molecule has 0 bridgehead atoms. The number of carbonyl (C=O) groups excluding carboxylic acids is 1. The van der Waals surface area contributed by atoms with Crippen molar-refractivity contribution in [2.24, 2.45) is 0 Å². The van der Waals surface area contributed by atoms with Gasteiger partial charge < -0.3 is 20.0 Å².